The van der Waals surface area contributed by atoms with Crippen LogP contribution in [-0.4, -0.2) is 17.1 Å². The van der Waals surface area contributed by atoms with Gasteiger partial charge in [0.25, 0.3) is 0 Å². The highest BCUT2D eigenvalue weighted by Crippen LogP contribution is 2.41. The Bertz CT molecular complexity index is 201. The van der Waals surface area contributed by atoms with Gasteiger partial charge in [-0.2, -0.15) is 0 Å². The molecule has 3 N–H and O–H groups in total. The third-order valence-electron chi connectivity index (χ3n) is 3.31. The van der Waals surface area contributed by atoms with Crippen molar-refractivity contribution in [3.8, 4) is 0 Å². The molecule has 3 nitrogen and oxygen atoms in total. The summed E-state index contributed by atoms with van der Waals surface area (Å²) in [5, 5.41) is 8.84. The van der Waals surface area contributed by atoms with Gasteiger partial charge < -0.3 is 10.8 Å². The van der Waals surface area contributed by atoms with E-state index in [1.807, 2.05) is 0 Å². The zero-order valence-electron chi connectivity index (χ0n) is 8.42. The number of rotatable bonds is 2. The van der Waals surface area contributed by atoms with E-state index in [0.717, 1.165) is 19.3 Å². The van der Waals surface area contributed by atoms with Crippen LogP contribution in [-0.2, 0) is 4.79 Å². The molecule has 1 rings (SSSR count). The van der Waals surface area contributed by atoms with E-state index in [4.69, 9.17) is 10.8 Å². The van der Waals surface area contributed by atoms with E-state index in [-0.39, 0.29) is 11.3 Å². The first-order valence-electron chi connectivity index (χ1n) is 4.93. The van der Waals surface area contributed by atoms with Crippen molar-refractivity contribution in [3.05, 3.63) is 0 Å². The highest BCUT2D eigenvalue weighted by atomic mass is 16.4. The highest BCUT2D eigenvalue weighted by Gasteiger charge is 2.38. The molecule has 2 unspecified atom stereocenters. The summed E-state index contributed by atoms with van der Waals surface area (Å²) < 4.78 is 0. The predicted molar refractivity (Wildman–Crippen MR) is 51.4 cm³/mol. The molecule has 1 saturated carbocycles. The maximum atomic E-state index is 10.8. The minimum atomic E-state index is -0.861. The number of hydrogen-bond acceptors (Lipinski definition) is 2. The van der Waals surface area contributed by atoms with Crippen LogP contribution in [0.15, 0.2) is 0 Å². The van der Waals surface area contributed by atoms with E-state index in [2.05, 4.69) is 13.8 Å². The summed E-state index contributed by atoms with van der Waals surface area (Å²) in [6.45, 7) is 4.25. The first kappa shape index (κ1) is 10.5. The average Bonchev–Trinajstić information content (AvgIpc) is 2.02. The van der Waals surface area contributed by atoms with Crippen molar-refractivity contribution in [1.29, 1.82) is 0 Å². The molecule has 76 valence electrons. The maximum Gasteiger partial charge on any atom is 0.320 e. The van der Waals surface area contributed by atoms with E-state index in [0.29, 0.717) is 0 Å². The second-order valence-electron chi connectivity index (χ2n) is 4.70. The molecule has 1 aliphatic rings. The van der Waals surface area contributed by atoms with Crippen molar-refractivity contribution in [1.82, 2.24) is 0 Å². The second-order valence-corrected chi connectivity index (χ2v) is 4.70. The zero-order chi connectivity index (χ0) is 10.1. The Labute approximate surface area is 79.3 Å². The molecule has 0 aromatic rings. The number of hydrogen-bond donors (Lipinski definition) is 2. The lowest BCUT2D eigenvalue weighted by Crippen LogP contribution is -2.46. The second kappa shape index (κ2) is 3.66. The van der Waals surface area contributed by atoms with Crippen molar-refractivity contribution >= 4 is 5.97 Å². The molecule has 1 aliphatic carbocycles. The summed E-state index contributed by atoms with van der Waals surface area (Å²) in [6, 6.07) is -0.685. The number of carboxylic acid groups (broad SMARTS) is 1. The van der Waals surface area contributed by atoms with Gasteiger partial charge in [-0.05, 0) is 24.2 Å². The van der Waals surface area contributed by atoms with Crippen molar-refractivity contribution in [2.24, 2.45) is 17.1 Å². The topological polar surface area (TPSA) is 63.3 Å². The largest absolute Gasteiger partial charge is 0.480 e. The van der Waals surface area contributed by atoms with E-state index >= 15 is 0 Å². The number of carboxylic acids is 1. The Kier molecular flexibility index (Phi) is 2.96. The van der Waals surface area contributed by atoms with E-state index in [1.54, 1.807) is 0 Å². The van der Waals surface area contributed by atoms with Gasteiger partial charge in [-0.3, -0.25) is 4.79 Å². The van der Waals surface area contributed by atoms with Crippen LogP contribution in [0.2, 0.25) is 0 Å². The van der Waals surface area contributed by atoms with E-state index in [1.165, 1.54) is 6.42 Å². The molecule has 0 saturated heterocycles. The molecule has 0 radical (unpaired) electrons. The summed E-state index contributed by atoms with van der Waals surface area (Å²) in [7, 11) is 0. The van der Waals surface area contributed by atoms with E-state index < -0.39 is 12.0 Å². The van der Waals surface area contributed by atoms with Crippen LogP contribution in [0.1, 0.15) is 39.5 Å². The minimum Gasteiger partial charge on any atom is -0.480 e. The van der Waals surface area contributed by atoms with Gasteiger partial charge in [0.05, 0.1) is 0 Å². The fourth-order valence-electron chi connectivity index (χ4n) is 2.36. The lowest BCUT2D eigenvalue weighted by Gasteiger charge is -2.40. The van der Waals surface area contributed by atoms with Crippen LogP contribution < -0.4 is 5.73 Å². The summed E-state index contributed by atoms with van der Waals surface area (Å²) in [6.07, 6.45) is 4.38. The summed E-state index contributed by atoms with van der Waals surface area (Å²) in [5.41, 5.74) is 5.76. The molecule has 13 heavy (non-hydrogen) atoms. The molecule has 0 bridgehead atoms. The summed E-state index contributed by atoms with van der Waals surface area (Å²) in [4.78, 5) is 10.8. The lowest BCUT2D eigenvalue weighted by molar-refractivity contribution is -0.141. The molecule has 0 amide bonds. The van der Waals surface area contributed by atoms with Crippen molar-refractivity contribution < 1.29 is 9.90 Å². The van der Waals surface area contributed by atoms with Gasteiger partial charge in [-0.25, -0.2) is 0 Å². The van der Waals surface area contributed by atoms with Crippen molar-refractivity contribution in [2.75, 3.05) is 0 Å². The summed E-state index contributed by atoms with van der Waals surface area (Å²) in [5.74, 6) is -0.723. The first-order valence-corrected chi connectivity index (χ1v) is 4.93. The van der Waals surface area contributed by atoms with Crippen LogP contribution in [0.4, 0.5) is 0 Å². The van der Waals surface area contributed by atoms with Gasteiger partial charge in [-0.1, -0.05) is 26.7 Å². The Balaban J connectivity index is 2.70. The Morgan fingerprint density at radius 3 is 2.62 bits per heavy atom. The smallest absolute Gasteiger partial charge is 0.320 e. The van der Waals surface area contributed by atoms with Crippen LogP contribution in [0.3, 0.4) is 0 Å². The monoisotopic (exact) mass is 185 g/mol. The van der Waals surface area contributed by atoms with Crippen molar-refractivity contribution in [2.45, 2.75) is 45.6 Å². The van der Waals surface area contributed by atoms with Gasteiger partial charge >= 0.3 is 5.97 Å². The Hall–Kier alpha value is -0.570. The normalized spacial score (nSPS) is 29.6. The minimum absolute atomic E-state index is 0.0933. The quantitative estimate of drug-likeness (QED) is 0.687. The van der Waals surface area contributed by atoms with Gasteiger partial charge in [0.1, 0.15) is 6.04 Å². The van der Waals surface area contributed by atoms with Crippen molar-refractivity contribution in [3.63, 3.8) is 0 Å². The average molecular weight is 185 g/mol. The maximum absolute atomic E-state index is 10.8. The molecule has 3 heteroatoms. The molecule has 0 aromatic carbocycles. The molecule has 0 spiro atoms. The standard InChI is InChI=1S/C10H19NO2/c1-10(2)6-4-3-5-7(10)8(11)9(12)13/h7-8H,3-6,11H2,1-2H3,(H,12,13). The third-order valence-corrected chi connectivity index (χ3v) is 3.31. The Morgan fingerprint density at radius 1 is 1.54 bits per heavy atom. The molecular formula is C10H19NO2. The third kappa shape index (κ3) is 2.21. The summed E-state index contributed by atoms with van der Waals surface area (Å²) >= 11 is 0. The molecule has 0 aliphatic heterocycles. The number of carbonyl (C=O) groups is 1. The van der Waals surface area contributed by atoms with E-state index in [9.17, 15) is 4.79 Å². The molecule has 1 fully saturated rings. The molecule has 2 atom stereocenters. The Morgan fingerprint density at radius 2 is 2.15 bits per heavy atom. The first-order chi connectivity index (χ1) is 5.95. The van der Waals surface area contributed by atoms with Crippen LogP contribution in [0.5, 0.6) is 0 Å². The van der Waals surface area contributed by atoms with Gasteiger partial charge in [0.15, 0.2) is 0 Å². The molecule has 0 aromatic heterocycles. The SMILES string of the molecule is CC1(C)CCCCC1C(N)C(=O)O. The van der Waals surface area contributed by atoms with Gasteiger partial charge in [-0.15, -0.1) is 0 Å². The lowest BCUT2D eigenvalue weighted by atomic mass is 9.66. The van der Waals surface area contributed by atoms with Crippen LogP contribution in [0, 0.1) is 11.3 Å². The zero-order valence-corrected chi connectivity index (χ0v) is 8.42. The molecule has 0 heterocycles. The highest BCUT2D eigenvalue weighted by molar-refractivity contribution is 5.73. The van der Waals surface area contributed by atoms with Gasteiger partial charge in [0.2, 0.25) is 0 Å². The molecular weight excluding hydrogens is 166 g/mol. The predicted octanol–water partition coefficient (Wildman–Crippen LogP) is 1.61. The van der Waals surface area contributed by atoms with Gasteiger partial charge in [0, 0.05) is 0 Å². The van der Waals surface area contributed by atoms with Crippen LogP contribution >= 0.6 is 0 Å². The van der Waals surface area contributed by atoms with Crippen LogP contribution in [0.25, 0.3) is 0 Å². The fraction of sp³-hybridized carbons (Fsp3) is 0.900. The number of aliphatic carboxylic acids is 1. The number of nitrogens with two attached hydrogens (primary N) is 1. The fourth-order valence-corrected chi connectivity index (χ4v) is 2.36.